The molecule has 0 aliphatic heterocycles. The van der Waals surface area contributed by atoms with Crippen LogP contribution in [0.15, 0.2) is 54.7 Å². The van der Waals surface area contributed by atoms with Gasteiger partial charge in [0, 0.05) is 10.9 Å². The average molecular weight is 256 g/mol. The van der Waals surface area contributed by atoms with Gasteiger partial charge in [-0.05, 0) is 31.2 Å². The fourth-order valence-electron chi connectivity index (χ4n) is 2.09. The molecule has 2 aromatic carbocycles. The van der Waals surface area contributed by atoms with E-state index in [9.17, 15) is 9.50 Å². The van der Waals surface area contributed by atoms with Gasteiger partial charge in [0.2, 0.25) is 5.85 Å². The molecule has 0 bridgehead atoms. The van der Waals surface area contributed by atoms with Crippen molar-refractivity contribution in [3.63, 3.8) is 0 Å². The Morgan fingerprint density at radius 3 is 2.58 bits per heavy atom. The fraction of sp³-hybridized carbons (Fsp3) is 0.133. The molecule has 19 heavy (non-hydrogen) atoms. The molecule has 1 heterocycles. The van der Waals surface area contributed by atoms with Gasteiger partial charge in [-0.3, -0.25) is 0 Å². The van der Waals surface area contributed by atoms with E-state index < -0.39 is 5.85 Å². The molecular formula is C15H13FN2O. The largest absolute Gasteiger partial charge is 0.358 e. The van der Waals surface area contributed by atoms with Crippen molar-refractivity contribution >= 4 is 10.9 Å². The number of aliphatic hydroxyl groups is 1. The van der Waals surface area contributed by atoms with Crippen LogP contribution in [0.25, 0.3) is 16.6 Å². The third-order valence-corrected chi connectivity index (χ3v) is 3.10. The van der Waals surface area contributed by atoms with Crippen LogP contribution < -0.4 is 0 Å². The zero-order chi connectivity index (χ0) is 13.5. The van der Waals surface area contributed by atoms with E-state index in [0.29, 0.717) is 0 Å². The molecule has 3 rings (SSSR count). The Morgan fingerprint density at radius 1 is 1.16 bits per heavy atom. The van der Waals surface area contributed by atoms with Gasteiger partial charge in [0.05, 0.1) is 17.4 Å². The summed E-state index contributed by atoms with van der Waals surface area (Å²) in [6, 6.07) is 14.7. The molecule has 1 aromatic heterocycles. The van der Waals surface area contributed by atoms with Crippen LogP contribution in [0.5, 0.6) is 0 Å². The summed E-state index contributed by atoms with van der Waals surface area (Å²) < 4.78 is 15.3. The minimum atomic E-state index is -2.33. The van der Waals surface area contributed by atoms with E-state index in [-0.39, 0.29) is 5.56 Å². The van der Waals surface area contributed by atoms with Gasteiger partial charge < -0.3 is 5.11 Å². The number of alkyl halides is 1. The quantitative estimate of drug-likeness (QED) is 0.764. The van der Waals surface area contributed by atoms with Crippen LogP contribution in [-0.2, 0) is 5.85 Å². The first kappa shape index (κ1) is 11.9. The summed E-state index contributed by atoms with van der Waals surface area (Å²) in [6.07, 6.45) is 1.66. The number of para-hydroxylation sites is 1. The molecule has 0 radical (unpaired) electrons. The number of benzene rings is 2. The molecule has 3 nitrogen and oxygen atoms in total. The normalized spacial score (nSPS) is 14.5. The zero-order valence-electron chi connectivity index (χ0n) is 10.4. The number of aromatic nitrogens is 2. The number of hydrogen-bond acceptors (Lipinski definition) is 2. The van der Waals surface area contributed by atoms with E-state index in [4.69, 9.17) is 0 Å². The molecule has 0 aliphatic rings. The van der Waals surface area contributed by atoms with E-state index in [0.717, 1.165) is 23.5 Å². The molecule has 4 heteroatoms. The number of rotatable bonds is 2. The molecule has 1 atom stereocenters. The van der Waals surface area contributed by atoms with Gasteiger partial charge in [0.1, 0.15) is 0 Å². The van der Waals surface area contributed by atoms with Crippen molar-refractivity contribution in [1.82, 2.24) is 9.78 Å². The van der Waals surface area contributed by atoms with Crippen LogP contribution in [0.1, 0.15) is 12.5 Å². The Labute approximate surface area is 109 Å². The van der Waals surface area contributed by atoms with Crippen LogP contribution in [0, 0.1) is 0 Å². The van der Waals surface area contributed by atoms with Crippen molar-refractivity contribution in [3.8, 4) is 5.69 Å². The average Bonchev–Trinajstić information content (AvgIpc) is 2.81. The monoisotopic (exact) mass is 256 g/mol. The molecule has 0 fully saturated rings. The predicted molar refractivity (Wildman–Crippen MR) is 71.7 cm³/mol. The molecule has 0 aliphatic carbocycles. The van der Waals surface area contributed by atoms with Gasteiger partial charge in [-0.25, -0.2) is 9.07 Å². The zero-order valence-corrected chi connectivity index (χ0v) is 10.4. The third-order valence-electron chi connectivity index (χ3n) is 3.10. The summed E-state index contributed by atoms with van der Waals surface area (Å²) in [5, 5.41) is 14.5. The highest BCUT2D eigenvalue weighted by molar-refractivity contribution is 5.81. The lowest BCUT2D eigenvalue weighted by Crippen LogP contribution is -2.12. The summed E-state index contributed by atoms with van der Waals surface area (Å²) in [7, 11) is 0. The van der Waals surface area contributed by atoms with Crippen molar-refractivity contribution < 1.29 is 9.50 Å². The highest BCUT2D eigenvalue weighted by Gasteiger charge is 2.21. The Kier molecular flexibility index (Phi) is 2.61. The maximum absolute atomic E-state index is 13.5. The molecule has 0 saturated heterocycles. The second-order valence-electron chi connectivity index (χ2n) is 4.62. The highest BCUT2D eigenvalue weighted by atomic mass is 19.2. The van der Waals surface area contributed by atoms with Crippen LogP contribution in [0.4, 0.5) is 4.39 Å². The topological polar surface area (TPSA) is 38.1 Å². The van der Waals surface area contributed by atoms with Gasteiger partial charge in [-0.1, -0.05) is 24.3 Å². The van der Waals surface area contributed by atoms with Crippen molar-refractivity contribution in [2.24, 2.45) is 0 Å². The van der Waals surface area contributed by atoms with E-state index in [1.54, 1.807) is 29.1 Å². The van der Waals surface area contributed by atoms with Crippen molar-refractivity contribution in [2.75, 3.05) is 0 Å². The van der Waals surface area contributed by atoms with E-state index in [2.05, 4.69) is 5.10 Å². The van der Waals surface area contributed by atoms with Crippen molar-refractivity contribution in [2.45, 2.75) is 12.8 Å². The molecule has 0 saturated carbocycles. The number of fused-ring (bicyclic) bond motifs is 1. The highest BCUT2D eigenvalue weighted by Crippen LogP contribution is 2.26. The summed E-state index contributed by atoms with van der Waals surface area (Å²) in [6.45, 7) is 1.12. The standard InChI is InChI=1S/C15H13FN2O/c1-15(16,19)12-7-8-14-11(9-12)10-17-18(14)13-5-3-2-4-6-13/h2-10,19H,1H3. The Balaban J connectivity index is 2.16. The van der Waals surface area contributed by atoms with Gasteiger partial charge in [-0.2, -0.15) is 5.10 Å². The molecule has 96 valence electrons. The third kappa shape index (κ3) is 2.11. The first-order valence-electron chi connectivity index (χ1n) is 6.01. The number of hydrogen-bond donors (Lipinski definition) is 1. The molecule has 0 amide bonds. The van der Waals surface area contributed by atoms with Gasteiger partial charge >= 0.3 is 0 Å². The van der Waals surface area contributed by atoms with Crippen LogP contribution in [0.3, 0.4) is 0 Å². The molecule has 1 N–H and O–H groups in total. The summed E-state index contributed by atoms with van der Waals surface area (Å²) in [5.74, 6) is -2.33. The maximum atomic E-state index is 13.5. The predicted octanol–water partition coefficient (Wildman–Crippen LogP) is 3.16. The molecule has 3 aromatic rings. The fourth-order valence-corrected chi connectivity index (χ4v) is 2.09. The van der Waals surface area contributed by atoms with E-state index in [1.165, 1.54) is 0 Å². The van der Waals surface area contributed by atoms with Crippen molar-refractivity contribution in [3.05, 3.63) is 60.3 Å². The second kappa shape index (κ2) is 4.17. The summed E-state index contributed by atoms with van der Waals surface area (Å²) in [5.41, 5.74) is 2.05. The van der Waals surface area contributed by atoms with Gasteiger partial charge in [0.25, 0.3) is 0 Å². The number of nitrogens with zero attached hydrogens (tertiary/aromatic N) is 2. The Bertz CT molecular complexity index is 714. The second-order valence-corrected chi connectivity index (χ2v) is 4.62. The SMILES string of the molecule is CC(O)(F)c1ccc2c(cnn2-c2ccccc2)c1. The van der Waals surface area contributed by atoms with Gasteiger partial charge in [-0.15, -0.1) is 0 Å². The first-order chi connectivity index (χ1) is 9.05. The van der Waals surface area contributed by atoms with Gasteiger partial charge in [0.15, 0.2) is 0 Å². The minimum Gasteiger partial charge on any atom is -0.358 e. The summed E-state index contributed by atoms with van der Waals surface area (Å²) >= 11 is 0. The summed E-state index contributed by atoms with van der Waals surface area (Å²) in [4.78, 5) is 0. The smallest absolute Gasteiger partial charge is 0.230 e. The van der Waals surface area contributed by atoms with Crippen LogP contribution in [-0.4, -0.2) is 14.9 Å². The van der Waals surface area contributed by atoms with Crippen molar-refractivity contribution in [1.29, 1.82) is 0 Å². The maximum Gasteiger partial charge on any atom is 0.230 e. The molecule has 1 unspecified atom stereocenters. The van der Waals surface area contributed by atoms with Crippen LogP contribution >= 0.6 is 0 Å². The van der Waals surface area contributed by atoms with E-state index in [1.807, 2.05) is 30.3 Å². The Morgan fingerprint density at radius 2 is 1.89 bits per heavy atom. The first-order valence-corrected chi connectivity index (χ1v) is 6.01. The minimum absolute atomic E-state index is 0.229. The lowest BCUT2D eigenvalue weighted by Gasteiger charge is -2.13. The van der Waals surface area contributed by atoms with Crippen LogP contribution in [0.2, 0.25) is 0 Å². The van der Waals surface area contributed by atoms with E-state index >= 15 is 0 Å². The lowest BCUT2D eigenvalue weighted by atomic mass is 10.1. The lowest BCUT2D eigenvalue weighted by molar-refractivity contribution is -0.0767. The Hall–Kier alpha value is -2.20. The molecule has 0 spiro atoms. The number of halogens is 1. The molecular weight excluding hydrogens is 243 g/mol.